The van der Waals surface area contributed by atoms with Crippen molar-refractivity contribution in [3.05, 3.63) is 90.3 Å². The molecular formula is C23H18N4O2. The summed E-state index contributed by atoms with van der Waals surface area (Å²) in [5.74, 6) is -0.153. The van der Waals surface area contributed by atoms with Crippen molar-refractivity contribution in [2.75, 3.05) is 0 Å². The average Bonchev–Trinajstić information content (AvgIpc) is 2.77. The molecule has 0 atom stereocenters. The molecule has 0 aliphatic rings. The van der Waals surface area contributed by atoms with Crippen molar-refractivity contribution in [2.45, 2.75) is 6.92 Å². The Labute approximate surface area is 167 Å². The van der Waals surface area contributed by atoms with Crippen LogP contribution in [0.25, 0.3) is 22.2 Å². The molecule has 0 aliphatic heterocycles. The number of hydrogen-bond donors (Lipinski definition) is 2. The largest absolute Gasteiger partial charge is 0.508 e. The Bertz CT molecular complexity index is 1200. The van der Waals surface area contributed by atoms with Crippen LogP contribution in [-0.4, -0.2) is 26.7 Å². The lowest BCUT2D eigenvalue weighted by Gasteiger charge is -2.09. The first-order chi connectivity index (χ1) is 14.1. The SMILES string of the molecule is C/C(=N/NC(=O)c1cc(-c2ccc(O)cc2)nc2ccccc12)c1cccnc1. The van der Waals surface area contributed by atoms with E-state index in [0.717, 1.165) is 16.5 Å². The van der Waals surface area contributed by atoms with Gasteiger partial charge < -0.3 is 5.11 Å². The number of pyridine rings is 2. The number of hydrogen-bond acceptors (Lipinski definition) is 5. The lowest BCUT2D eigenvalue weighted by Crippen LogP contribution is -2.20. The number of nitrogens with zero attached hydrogens (tertiary/aromatic N) is 3. The van der Waals surface area contributed by atoms with Crippen LogP contribution in [0.2, 0.25) is 0 Å². The van der Waals surface area contributed by atoms with E-state index in [-0.39, 0.29) is 11.7 Å². The fourth-order valence-electron chi connectivity index (χ4n) is 2.98. The van der Waals surface area contributed by atoms with Gasteiger partial charge in [-0.2, -0.15) is 5.10 Å². The van der Waals surface area contributed by atoms with Gasteiger partial charge in [-0.1, -0.05) is 24.3 Å². The van der Waals surface area contributed by atoms with E-state index in [2.05, 4.69) is 20.5 Å². The van der Waals surface area contributed by atoms with Gasteiger partial charge in [-0.3, -0.25) is 9.78 Å². The lowest BCUT2D eigenvalue weighted by molar-refractivity contribution is 0.0956. The second-order valence-corrected chi connectivity index (χ2v) is 6.50. The Morgan fingerprint density at radius 3 is 2.59 bits per heavy atom. The number of fused-ring (bicyclic) bond motifs is 1. The maximum atomic E-state index is 12.9. The number of para-hydroxylation sites is 1. The van der Waals surface area contributed by atoms with E-state index in [1.165, 1.54) is 0 Å². The fourth-order valence-corrected chi connectivity index (χ4v) is 2.98. The van der Waals surface area contributed by atoms with Gasteiger partial charge in [0.2, 0.25) is 0 Å². The van der Waals surface area contributed by atoms with Crippen LogP contribution in [0.15, 0.2) is 84.2 Å². The molecule has 6 heteroatoms. The molecule has 0 saturated carbocycles. The third-order valence-corrected chi connectivity index (χ3v) is 4.53. The monoisotopic (exact) mass is 382 g/mol. The number of nitrogens with one attached hydrogen (secondary N) is 1. The summed E-state index contributed by atoms with van der Waals surface area (Å²) in [6, 6.07) is 19.6. The molecule has 0 aliphatic carbocycles. The highest BCUT2D eigenvalue weighted by molar-refractivity contribution is 6.08. The Morgan fingerprint density at radius 2 is 1.83 bits per heavy atom. The van der Waals surface area contributed by atoms with E-state index in [4.69, 9.17) is 0 Å². The van der Waals surface area contributed by atoms with Crippen LogP contribution in [0.1, 0.15) is 22.8 Å². The molecule has 0 saturated heterocycles. The zero-order valence-corrected chi connectivity index (χ0v) is 15.7. The molecule has 4 aromatic rings. The van der Waals surface area contributed by atoms with Gasteiger partial charge in [0.1, 0.15) is 5.75 Å². The number of amides is 1. The van der Waals surface area contributed by atoms with Gasteiger partial charge in [-0.15, -0.1) is 0 Å². The zero-order chi connectivity index (χ0) is 20.2. The molecule has 2 aromatic carbocycles. The molecule has 0 unspecified atom stereocenters. The van der Waals surface area contributed by atoms with Gasteiger partial charge in [0, 0.05) is 28.9 Å². The molecule has 6 nitrogen and oxygen atoms in total. The molecule has 0 fully saturated rings. The quantitative estimate of drug-likeness (QED) is 0.410. The number of carbonyl (C=O) groups is 1. The number of aromatic hydroxyl groups is 1. The summed E-state index contributed by atoms with van der Waals surface area (Å²) in [5.41, 5.74) is 6.74. The van der Waals surface area contributed by atoms with Crippen molar-refractivity contribution in [2.24, 2.45) is 5.10 Å². The van der Waals surface area contributed by atoms with E-state index in [1.807, 2.05) is 43.3 Å². The fraction of sp³-hybridized carbons (Fsp3) is 0.0435. The second kappa shape index (κ2) is 7.90. The van der Waals surface area contributed by atoms with Crippen LogP contribution in [0, 0.1) is 0 Å². The molecule has 2 aromatic heterocycles. The third-order valence-electron chi connectivity index (χ3n) is 4.53. The Balaban J connectivity index is 1.72. The van der Waals surface area contributed by atoms with Gasteiger partial charge in [-0.25, -0.2) is 10.4 Å². The summed E-state index contributed by atoms with van der Waals surface area (Å²) in [4.78, 5) is 21.6. The smallest absolute Gasteiger partial charge is 0.272 e. The first-order valence-corrected chi connectivity index (χ1v) is 9.06. The Kier molecular flexibility index (Phi) is 4.99. The van der Waals surface area contributed by atoms with E-state index < -0.39 is 0 Å². The lowest BCUT2D eigenvalue weighted by atomic mass is 10.0. The summed E-state index contributed by atoms with van der Waals surface area (Å²) in [7, 11) is 0. The molecule has 29 heavy (non-hydrogen) atoms. The molecule has 0 radical (unpaired) electrons. The third kappa shape index (κ3) is 3.96. The minimum atomic E-state index is -0.327. The molecule has 4 rings (SSSR count). The van der Waals surface area contributed by atoms with Gasteiger partial charge >= 0.3 is 0 Å². The van der Waals surface area contributed by atoms with Crippen molar-refractivity contribution in [3.63, 3.8) is 0 Å². The maximum Gasteiger partial charge on any atom is 0.272 e. The number of aromatic nitrogens is 2. The summed E-state index contributed by atoms with van der Waals surface area (Å²) in [6.45, 7) is 1.81. The van der Waals surface area contributed by atoms with Crippen molar-refractivity contribution >= 4 is 22.5 Å². The Morgan fingerprint density at radius 1 is 1.03 bits per heavy atom. The maximum absolute atomic E-state index is 12.9. The summed E-state index contributed by atoms with van der Waals surface area (Å²) in [6.07, 6.45) is 3.37. The zero-order valence-electron chi connectivity index (χ0n) is 15.7. The van der Waals surface area contributed by atoms with Crippen LogP contribution in [0.5, 0.6) is 5.75 Å². The highest BCUT2D eigenvalue weighted by atomic mass is 16.3. The predicted molar refractivity (Wildman–Crippen MR) is 113 cm³/mol. The Hall–Kier alpha value is -4.06. The van der Waals surface area contributed by atoms with E-state index >= 15 is 0 Å². The number of rotatable bonds is 4. The number of phenols is 1. The normalized spacial score (nSPS) is 11.4. The summed E-state index contributed by atoms with van der Waals surface area (Å²) < 4.78 is 0. The standard InChI is InChI=1S/C23H18N4O2/c1-15(17-5-4-12-24-14-17)26-27-23(29)20-13-22(16-8-10-18(28)11-9-16)25-21-7-3-2-6-19(20)21/h2-14,28H,1H3,(H,27,29)/b26-15-. The van der Waals surface area contributed by atoms with Gasteiger partial charge in [-0.05, 0) is 49.4 Å². The highest BCUT2D eigenvalue weighted by Gasteiger charge is 2.14. The average molecular weight is 382 g/mol. The van der Waals surface area contributed by atoms with Crippen molar-refractivity contribution in [1.29, 1.82) is 0 Å². The molecule has 0 spiro atoms. The molecule has 1 amide bonds. The minimum Gasteiger partial charge on any atom is -0.508 e. The van der Waals surface area contributed by atoms with Crippen LogP contribution >= 0.6 is 0 Å². The number of carbonyl (C=O) groups excluding carboxylic acids is 1. The molecule has 142 valence electrons. The van der Waals surface area contributed by atoms with Gasteiger partial charge in [0.25, 0.3) is 5.91 Å². The molecule has 2 N–H and O–H groups in total. The van der Waals surface area contributed by atoms with E-state index in [0.29, 0.717) is 22.5 Å². The topological polar surface area (TPSA) is 87.5 Å². The highest BCUT2D eigenvalue weighted by Crippen LogP contribution is 2.26. The molecule has 0 bridgehead atoms. The first-order valence-electron chi connectivity index (χ1n) is 9.06. The van der Waals surface area contributed by atoms with Crippen LogP contribution in [-0.2, 0) is 0 Å². The number of phenolic OH excluding ortho intramolecular Hbond substituents is 1. The van der Waals surface area contributed by atoms with E-state index in [1.54, 1.807) is 42.7 Å². The predicted octanol–water partition coefficient (Wildman–Crippen LogP) is 4.16. The number of hydrazone groups is 1. The minimum absolute atomic E-state index is 0.174. The van der Waals surface area contributed by atoms with Crippen molar-refractivity contribution < 1.29 is 9.90 Å². The summed E-state index contributed by atoms with van der Waals surface area (Å²) in [5, 5.41) is 14.5. The first kappa shape index (κ1) is 18.3. The van der Waals surface area contributed by atoms with Crippen LogP contribution in [0.3, 0.4) is 0 Å². The second-order valence-electron chi connectivity index (χ2n) is 6.50. The summed E-state index contributed by atoms with van der Waals surface area (Å²) >= 11 is 0. The number of benzene rings is 2. The van der Waals surface area contributed by atoms with Crippen molar-refractivity contribution in [1.82, 2.24) is 15.4 Å². The molecule has 2 heterocycles. The van der Waals surface area contributed by atoms with Crippen LogP contribution in [0.4, 0.5) is 0 Å². The molecular weight excluding hydrogens is 364 g/mol. The van der Waals surface area contributed by atoms with Gasteiger partial charge in [0.15, 0.2) is 0 Å². The van der Waals surface area contributed by atoms with Crippen molar-refractivity contribution in [3.8, 4) is 17.0 Å². The van der Waals surface area contributed by atoms with E-state index in [9.17, 15) is 9.90 Å². The van der Waals surface area contributed by atoms with Crippen LogP contribution < -0.4 is 5.43 Å². The van der Waals surface area contributed by atoms with Gasteiger partial charge in [0.05, 0.1) is 22.5 Å².